The van der Waals surface area contributed by atoms with Crippen molar-refractivity contribution in [3.63, 3.8) is 0 Å². The molecule has 0 saturated heterocycles. The monoisotopic (exact) mass is 412 g/mol. The average molecular weight is 412 g/mol. The Bertz CT molecular complexity index is 1450. The Labute approximate surface area is 178 Å². The van der Waals surface area contributed by atoms with E-state index in [1.165, 1.54) is 0 Å². The lowest BCUT2D eigenvalue weighted by Crippen LogP contribution is -2.24. The molecule has 0 fully saturated rings. The van der Waals surface area contributed by atoms with Crippen LogP contribution in [0.1, 0.15) is 5.56 Å². The van der Waals surface area contributed by atoms with Crippen molar-refractivity contribution in [1.29, 1.82) is 0 Å². The summed E-state index contributed by atoms with van der Waals surface area (Å²) in [7, 11) is 3.25. The van der Waals surface area contributed by atoms with E-state index in [4.69, 9.17) is 9.47 Å². The molecule has 0 amide bonds. The molecule has 0 aliphatic carbocycles. The van der Waals surface area contributed by atoms with E-state index in [9.17, 15) is 4.79 Å². The fourth-order valence-electron chi connectivity index (χ4n) is 3.82. The number of fused-ring (bicyclic) bond motifs is 3. The molecule has 0 spiro atoms. The maximum Gasteiger partial charge on any atom is 0.263 e. The predicted molar refractivity (Wildman–Crippen MR) is 119 cm³/mol. The van der Waals surface area contributed by atoms with Crippen LogP contribution in [0.3, 0.4) is 0 Å². The number of benzene rings is 3. The Morgan fingerprint density at radius 1 is 0.839 bits per heavy atom. The van der Waals surface area contributed by atoms with Crippen LogP contribution in [0, 0.1) is 0 Å². The Balaban J connectivity index is 1.79. The first-order valence-electron chi connectivity index (χ1n) is 9.84. The second-order valence-corrected chi connectivity index (χ2v) is 7.12. The number of ether oxygens (including phenoxy) is 2. The van der Waals surface area contributed by atoms with Gasteiger partial charge in [0.25, 0.3) is 5.56 Å². The quantitative estimate of drug-likeness (QED) is 0.439. The normalized spacial score (nSPS) is 11.2. The van der Waals surface area contributed by atoms with Crippen molar-refractivity contribution in [2.24, 2.45) is 0 Å². The first-order chi connectivity index (χ1) is 15.2. The molecule has 0 unspecified atom stereocenters. The summed E-state index contributed by atoms with van der Waals surface area (Å²) >= 11 is 0. The molecule has 7 nitrogen and oxygen atoms in total. The topological polar surface area (TPSA) is 70.7 Å². The van der Waals surface area contributed by atoms with Crippen molar-refractivity contribution < 1.29 is 9.47 Å². The van der Waals surface area contributed by atoms with Gasteiger partial charge in [-0.05, 0) is 42.0 Å². The van der Waals surface area contributed by atoms with Crippen LogP contribution in [0.15, 0.2) is 77.6 Å². The van der Waals surface area contributed by atoms with Gasteiger partial charge < -0.3 is 9.47 Å². The van der Waals surface area contributed by atoms with E-state index in [0.717, 1.165) is 22.4 Å². The summed E-state index contributed by atoms with van der Waals surface area (Å²) in [5.74, 6) is 2.54. The Morgan fingerprint density at radius 3 is 2.35 bits per heavy atom. The highest BCUT2D eigenvalue weighted by Crippen LogP contribution is 2.30. The lowest BCUT2D eigenvalue weighted by Gasteiger charge is -2.13. The van der Waals surface area contributed by atoms with E-state index >= 15 is 0 Å². The van der Waals surface area contributed by atoms with Crippen molar-refractivity contribution in [3.05, 3.63) is 88.7 Å². The second kappa shape index (κ2) is 7.60. The zero-order valence-corrected chi connectivity index (χ0v) is 17.1. The molecule has 154 valence electrons. The van der Waals surface area contributed by atoms with E-state index in [1.54, 1.807) is 18.8 Å². The number of methoxy groups -OCH3 is 2. The standard InChI is InChI=1S/C24H20N4O3/c1-30-17-13-11-16(12-14-17)15-27-23(29)18-7-3-5-9-20(18)28-22(25-26-24(27)28)19-8-4-6-10-21(19)31-2/h3-14H,15H2,1-2H3. The van der Waals surface area contributed by atoms with Crippen molar-refractivity contribution >= 4 is 16.7 Å². The first-order valence-corrected chi connectivity index (χ1v) is 9.84. The molecule has 0 radical (unpaired) electrons. The summed E-state index contributed by atoms with van der Waals surface area (Å²) in [6.07, 6.45) is 0. The molecular weight excluding hydrogens is 392 g/mol. The van der Waals surface area contributed by atoms with Gasteiger partial charge in [-0.1, -0.05) is 36.4 Å². The zero-order chi connectivity index (χ0) is 21.4. The second-order valence-electron chi connectivity index (χ2n) is 7.12. The zero-order valence-electron chi connectivity index (χ0n) is 17.1. The molecule has 31 heavy (non-hydrogen) atoms. The minimum Gasteiger partial charge on any atom is -0.497 e. The van der Waals surface area contributed by atoms with Gasteiger partial charge in [0, 0.05) is 0 Å². The first kappa shape index (κ1) is 18.9. The molecule has 0 bridgehead atoms. The van der Waals surface area contributed by atoms with E-state index in [1.807, 2.05) is 77.2 Å². The minimum absolute atomic E-state index is 0.113. The molecule has 0 atom stereocenters. The number of rotatable bonds is 5. The van der Waals surface area contributed by atoms with Gasteiger partial charge in [0.05, 0.1) is 37.2 Å². The largest absolute Gasteiger partial charge is 0.497 e. The lowest BCUT2D eigenvalue weighted by molar-refractivity contribution is 0.414. The highest BCUT2D eigenvalue weighted by molar-refractivity contribution is 5.83. The van der Waals surface area contributed by atoms with Crippen LogP contribution in [0.4, 0.5) is 0 Å². The molecule has 0 aliphatic rings. The van der Waals surface area contributed by atoms with Gasteiger partial charge in [0.15, 0.2) is 5.82 Å². The van der Waals surface area contributed by atoms with Crippen LogP contribution in [0.5, 0.6) is 11.5 Å². The molecule has 5 aromatic rings. The summed E-state index contributed by atoms with van der Waals surface area (Å²) in [6.45, 7) is 0.362. The smallest absolute Gasteiger partial charge is 0.263 e. The summed E-state index contributed by atoms with van der Waals surface area (Å²) < 4.78 is 14.3. The van der Waals surface area contributed by atoms with Crippen LogP contribution in [0.25, 0.3) is 28.1 Å². The minimum atomic E-state index is -0.113. The summed E-state index contributed by atoms with van der Waals surface area (Å²) in [5.41, 5.74) is 2.40. The van der Waals surface area contributed by atoms with E-state index in [0.29, 0.717) is 29.3 Å². The van der Waals surface area contributed by atoms with Gasteiger partial charge in [-0.2, -0.15) is 0 Å². The fourth-order valence-corrected chi connectivity index (χ4v) is 3.82. The van der Waals surface area contributed by atoms with Crippen molar-refractivity contribution in [1.82, 2.24) is 19.2 Å². The highest BCUT2D eigenvalue weighted by Gasteiger charge is 2.19. The number of aromatic nitrogens is 4. The third-order valence-electron chi connectivity index (χ3n) is 5.36. The van der Waals surface area contributed by atoms with E-state index < -0.39 is 0 Å². The van der Waals surface area contributed by atoms with Crippen LogP contribution >= 0.6 is 0 Å². The Kier molecular flexibility index (Phi) is 4.63. The Morgan fingerprint density at radius 2 is 1.58 bits per heavy atom. The number of nitrogens with zero attached hydrogens (tertiary/aromatic N) is 4. The highest BCUT2D eigenvalue weighted by atomic mass is 16.5. The molecule has 5 rings (SSSR count). The number of hydrogen-bond acceptors (Lipinski definition) is 5. The summed E-state index contributed by atoms with van der Waals surface area (Å²) in [5, 5.41) is 9.45. The predicted octanol–water partition coefficient (Wildman–Crippen LogP) is 3.78. The summed E-state index contributed by atoms with van der Waals surface area (Å²) in [4.78, 5) is 13.4. The van der Waals surface area contributed by atoms with Gasteiger partial charge >= 0.3 is 0 Å². The molecule has 7 heteroatoms. The lowest BCUT2D eigenvalue weighted by atomic mass is 10.1. The molecule has 0 aliphatic heterocycles. The molecule has 2 heterocycles. The van der Waals surface area contributed by atoms with Gasteiger partial charge in [-0.3, -0.25) is 13.8 Å². The maximum absolute atomic E-state index is 13.4. The van der Waals surface area contributed by atoms with Crippen LogP contribution < -0.4 is 15.0 Å². The maximum atomic E-state index is 13.4. The van der Waals surface area contributed by atoms with Crippen molar-refractivity contribution in [2.45, 2.75) is 6.54 Å². The van der Waals surface area contributed by atoms with Crippen LogP contribution in [-0.4, -0.2) is 33.4 Å². The van der Waals surface area contributed by atoms with Gasteiger partial charge in [0.1, 0.15) is 11.5 Å². The van der Waals surface area contributed by atoms with Crippen molar-refractivity contribution in [2.75, 3.05) is 14.2 Å². The average Bonchev–Trinajstić information content (AvgIpc) is 3.27. The molecule has 0 saturated carbocycles. The van der Waals surface area contributed by atoms with Crippen LogP contribution in [-0.2, 0) is 6.54 Å². The molecule has 2 aromatic heterocycles. The molecule has 0 N–H and O–H groups in total. The van der Waals surface area contributed by atoms with Gasteiger partial charge in [0.2, 0.25) is 5.78 Å². The van der Waals surface area contributed by atoms with E-state index in [2.05, 4.69) is 10.2 Å². The van der Waals surface area contributed by atoms with Gasteiger partial charge in [-0.15, -0.1) is 10.2 Å². The fraction of sp³-hybridized carbons (Fsp3) is 0.125. The summed E-state index contributed by atoms with van der Waals surface area (Å²) in [6, 6.07) is 22.8. The third-order valence-corrected chi connectivity index (χ3v) is 5.36. The van der Waals surface area contributed by atoms with Crippen molar-refractivity contribution in [3.8, 4) is 22.9 Å². The SMILES string of the molecule is COc1ccc(Cn2c(=O)c3ccccc3n3c(-c4ccccc4OC)nnc23)cc1. The van der Waals surface area contributed by atoms with Gasteiger partial charge in [-0.25, -0.2) is 0 Å². The molecule has 3 aromatic carbocycles. The number of hydrogen-bond donors (Lipinski definition) is 0. The third kappa shape index (κ3) is 3.11. The van der Waals surface area contributed by atoms with Crippen LogP contribution in [0.2, 0.25) is 0 Å². The van der Waals surface area contributed by atoms with E-state index in [-0.39, 0.29) is 5.56 Å². The molecular formula is C24H20N4O3. The Hall–Kier alpha value is -4.13. The number of para-hydroxylation sites is 2.